The number of anilines is 1. The molecule has 1 heterocycles. The molecule has 1 aliphatic rings. The van der Waals surface area contributed by atoms with Crippen molar-refractivity contribution in [2.45, 2.75) is 46.1 Å². The van der Waals surface area contributed by atoms with Crippen molar-refractivity contribution in [1.29, 1.82) is 0 Å². The van der Waals surface area contributed by atoms with Crippen LogP contribution in [0.2, 0.25) is 0 Å². The first-order valence-corrected chi connectivity index (χ1v) is 9.17. The van der Waals surface area contributed by atoms with E-state index in [2.05, 4.69) is 18.7 Å². The number of aliphatic hydroxyl groups excluding tert-OH is 1. The van der Waals surface area contributed by atoms with Crippen LogP contribution in [-0.2, 0) is 6.42 Å². The molecule has 0 amide bonds. The molecule has 2 unspecified atom stereocenters. The fourth-order valence-electron chi connectivity index (χ4n) is 3.31. The van der Waals surface area contributed by atoms with Gasteiger partial charge in [0.15, 0.2) is 11.5 Å². The molecule has 5 nitrogen and oxygen atoms in total. The molecule has 1 aromatic carbocycles. The van der Waals surface area contributed by atoms with Crippen LogP contribution in [0.4, 0.5) is 5.69 Å². The van der Waals surface area contributed by atoms with Crippen LogP contribution in [0.5, 0.6) is 11.5 Å². The number of hydrogen-bond acceptors (Lipinski definition) is 5. The minimum absolute atomic E-state index is 0.231. The number of nitrogens with zero attached hydrogens (tertiary/aromatic N) is 1. The molecule has 1 aliphatic heterocycles. The Balaban J connectivity index is 2.17. The van der Waals surface area contributed by atoms with Gasteiger partial charge in [-0.25, -0.2) is 0 Å². The number of nitrogen functional groups attached to an aromatic ring is 1. The first kappa shape index (κ1) is 18.9. The molecule has 0 radical (unpaired) electrons. The van der Waals surface area contributed by atoms with Gasteiger partial charge in [-0.3, -0.25) is 0 Å². The molecule has 24 heavy (non-hydrogen) atoms. The molecule has 0 bridgehead atoms. The first-order chi connectivity index (χ1) is 11.6. The van der Waals surface area contributed by atoms with Crippen molar-refractivity contribution >= 4 is 5.69 Å². The Labute approximate surface area is 145 Å². The lowest BCUT2D eigenvalue weighted by Gasteiger charge is -2.35. The summed E-state index contributed by atoms with van der Waals surface area (Å²) in [6.07, 6.45) is 2.31. The molecule has 1 aromatic rings. The fourth-order valence-corrected chi connectivity index (χ4v) is 3.31. The van der Waals surface area contributed by atoms with E-state index in [4.69, 9.17) is 15.2 Å². The molecule has 136 valence electrons. The molecular weight excluding hydrogens is 304 g/mol. The van der Waals surface area contributed by atoms with Crippen molar-refractivity contribution in [3.63, 3.8) is 0 Å². The molecular formula is C19H32N2O3. The second kappa shape index (κ2) is 9.14. The molecule has 0 saturated carbocycles. The van der Waals surface area contributed by atoms with Gasteiger partial charge in [0, 0.05) is 19.0 Å². The van der Waals surface area contributed by atoms with Gasteiger partial charge in [-0.1, -0.05) is 13.8 Å². The van der Waals surface area contributed by atoms with Crippen molar-refractivity contribution in [1.82, 2.24) is 4.90 Å². The van der Waals surface area contributed by atoms with E-state index in [1.165, 1.54) is 0 Å². The zero-order valence-corrected chi connectivity index (χ0v) is 15.3. The summed E-state index contributed by atoms with van der Waals surface area (Å²) in [4.78, 5) is 2.39. The summed E-state index contributed by atoms with van der Waals surface area (Å²) in [5, 5.41) is 10.3. The summed E-state index contributed by atoms with van der Waals surface area (Å²) in [6.45, 7) is 10.3. The van der Waals surface area contributed by atoms with Crippen molar-refractivity contribution < 1.29 is 14.6 Å². The number of piperidine rings is 1. The van der Waals surface area contributed by atoms with Crippen LogP contribution in [0.3, 0.4) is 0 Å². The zero-order valence-electron chi connectivity index (χ0n) is 15.3. The summed E-state index contributed by atoms with van der Waals surface area (Å²) in [7, 11) is 0. The van der Waals surface area contributed by atoms with Gasteiger partial charge in [0.25, 0.3) is 0 Å². The van der Waals surface area contributed by atoms with Gasteiger partial charge in [-0.05, 0) is 50.4 Å². The summed E-state index contributed by atoms with van der Waals surface area (Å²) in [5.74, 6) is 1.58. The van der Waals surface area contributed by atoms with Crippen LogP contribution in [0.15, 0.2) is 12.1 Å². The highest BCUT2D eigenvalue weighted by molar-refractivity contribution is 5.62. The van der Waals surface area contributed by atoms with Gasteiger partial charge in [0.2, 0.25) is 0 Å². The van der Waals surface area contributed by atoms with Gasteiger partial charge in [-0.2, -0.15) is 0 Å². The predicted molar refractivity (Wildman–Crippen MR) is 97.7 cm³/mol. The van der Waals surface area contributed by atoms with E-state index >= 15 is 0 Å². The maximum absolute atomic E-state index is 10.3. The smallest absolute Gasteiger partial charge is 0.184 e. The molecule has 1 fully saturated rings. The fraction of sp³-hybridized carbons (Fsp3) is 0.684. The molecule has 0 aromatic heterocycles. The molecule has 2 atom stereocenters. The van der Waals surface area contributed by atoms with E-state index in [0.717, 1.165) is 44.5 Å². The maximum atomic E-state index is 10.3. The summed E-state index contributed by atoms with van der Waals surface area (Å²) in [5.41, 5.74) is 7.92. The number of rotatable bonds is 8. The third-order valence-electron chi connectivity index (χ3n) is 4.62. The lowest BCUT2D eigenvalue weighted by atomic mass is 9.88. The van der Waals surface area contributed by atoms with E-state index in [-0.39, 0.29) is 12.0 Å². The highest BCUT2D eigenvalue weighted by Crippen LogP contribution is 2.36. The van der Waals surface area contributed by atoms with Crippen LogP contribution < -0.4 is 15.2 Å². The Kier molecular flexibility index (Phi) is 7.18. The van der Waals surface area contributed by atoms with Crippen LogP contribution >= 0.6 is 0 Å². The number of aliphatic hydroxyl groups is 1. The number of nitrogens with two attached hydrogens (primary N) is 1. The quantitative estimate of drug-likeness (QED) is 0.715. The zero-order chi connectivity index (χ0) is 17.5. The van der Waals surface area contributed by atoms with E-state index in [1.807, 2.05) is 19.1 Å². The number of likely N-dealkylation sites (tertiary alicyclic amines) is 1. The Bertz CT molecular complexity index is 522. The van der Waals surface area contributed by atoms with Crippen molar-refractivity contribution in [3.8, 4) is 11.5 Å². The summed E-state index contributed by atoms with van der Waals surface area (Å²) in [6, 6.07) is 3.98. The Morgan fingerprint density at radius 3 is 2.71 bits per heavy atom. The van der Waals surface area contributed by atoms with Gasteiger partial charge in [-0.15, -0.1) is 0 Å². The first-order valence-electron chi connectivity index (χ1n) is 9.17. The molecule has 2 rings (SSSR count). The van der Waals surface area contributed by atoms with Crippen molar-refractivity contribution in [2.24, 2.45) is 5.92 Å². The Hall–Kier alpha value is -1.46. The SMILES string of the molecule is CCCOc1c(N)cc(CC2CN(CC)CCC2O)cc1OCC. The number of hydrogen-bond donors (Lipinski definition) is 2. The summed E-state index contributed by atoms with van der Waals surface area (Å²) < 4.78 is 11.5. The minimum atomic E-state index is -0.249. The second-order valence-corrected chi connectivity index (χ2v) is 6.51. The van der Waals surface area contributed by atoms with E-state index in [1.54, 1.807) is 0 Å². The standard InChI is InChI=1S/C19H32N2O3/c1-4-9-24-19-16(20)11-14(12-18(19)23-6-3)10-15-13-21(5-2)8-7-17(15)22/h11-12,15,17,22H,4-10,13,20H2,1-3H3. The van der Waals surface area contributed by atoms with Crippen LogP contribution in [0.1, 0.15) is 39.2 Å². The molecule has 0 aliphatic carbocycles. The van der Waals surface area contributed by atoms with Gasteiger partial charge < -0.3 is 25.2 Å². The highest BCUT2D eigenvalue weighted by Gasteiger charge is 2.27. The lowest BCUT2D eigenvalue weighted by molar-refractivity contribution is 0.0290. The van der Waals surface area contributed by atoms with E-state index in [9.17, 15) is 5.11 Å². The number of benzene rings is 1. The van der Waals surface area contributed by atoms with Gasteiger partial charge in [0.1, 0.15) is 0 Å². The second-order valence-electron chi connectivity index (χ2n) is 6.51. The molecule has 0 spiro atoms. The predicted octanol–water partition coefficient (Wildman–Crippen LogP) is 2.70. The van der Waals surface area contributed by atoms with Gasteiger partial charge >= 0.3 is 0 Å². The van der Waals surface area contributed by atoms with E-state index in [0.29, 0.717) is 30.4 Å². The lowest BCUT2D eigenvalue weighted by Crippen LogP contribution is -2.43. The normalized spacial score (nSPS) is 21.7. The minimum Gasteiger partial charge on any atom is -0.490 e. The van der Waals surface area contributed by atoms with Crippen molar-refractivity contribution in [3.05, 3.63) is 17.7 Å². The Morgan fingerprint density at radius 2 is 2.04 bits per heavy atom. The number of ether oxygens (including phenoxy) is 2. The molecule has 1 saturated heterocycles. The van der Waals surface area contributed by atoms with Crippen LogP contribution in [0, 0.1) is 5.92 Å². The monoisotopic (exact) mass is 336 g/mol. The topological polar surface area (TPSA) is 68.0 Å². The average Bonchev–Trinajstić information content (AvgIpc) is 2.56. The molecule has 5 heteroatoms. The maximum Gasteiger partial charge on any atom is 0.184 e. The Morgan fingerprint density at radius 1 is 1.25 bits per heavy atom. The largest absolute Gasteiger partial charge is 0.490 e. The molecule has 3 N–H and O–H groups in total. The van der Waals surface area contributed by atoms with E-state index < -0.39 is 0 Å². The van der Waals surface area contributed by atoms with Crippen LogP contribution in [-0.4, -0.2) is 49.0 Å². The van der Waals surface area contributed by atoms with Gasteiger partial charge in [0.05, 0.1) is 25.0 Å². The summed E-state index contributed by atoms with van der Waals surface area (Å²) >= 11 is 0. The average molecular weight is 336 g/mol. The van der Waals surface area contributed by atoms with Crippen molar-refractivity contribution in [2.75, 3.05) is 38.6 Å². The third kappa shape index (κ3) is 4.77. The van der Waals surface area contributed by atoms with Crippen LogP contribution in [0.25, 0.3) is 0 Å². The third-order valence-corrected chi connectivity index (χ3v) is 4.62. The highest BCUT2D eigenvalue weighted by atomic mass is 16.5.